The van der Waals surface area contributed by atoms with Crippen LogP contribution in [0.1, 0.15) is 31.5 Å². The molecule has 1 N–H and O–H groups in total. The standard InChI is InChI=1S/C25H25F5N4O2S2/c1-17-31-25-15-4-19(16-34(25)33-17)18-2-9-22(10-3-18)37(35,36)23-11-5-20(6-12-23)32-21-7-13-24(14-8-21)38(26,27,28,29)30/h2-4,7-10,13-16,20,23,32H,5-6,11-12H2,1H3. The molecule has 2 aromatic heterocycles. The van der Waals surface area contributed by atoms with Crippen molar-refractivity contribution in [1.82, 2.24) is 14.6 Å². The largest absolute Gasteiger partial charge is 0.382 e. The lowest BCUT2D eigenvalue weighted by atomic mass is 9.95. The van der Waals surface area contributed by atoms with Crippen molar-refractivity contribution in [3.63, 3.8) is 0 Å². The van der Waals surface area contributed by atoms with E-state index in [9.17, 15) is 27.8 Å². The number of anilines is 1. The van der Waals surface area contributed by atoms with Crippen LogP contribution in [0.3, 0.4) is 0 Å². The van der Waals surface area contributed by atoms with Gasteiger partial charge in [0.1, 0.15) is 10.7 Å². The first-order chi connectivity index (χ1) is 17.6. The lowest BCUT2D eigenvalue weighted by Gasteiger charge is -2.40. The molecule has 0 aliphatic heterocycles. The van der Waals surface area contributed by atoms with Gasteiger partial charge in [-0.25, -0.2) is 17.9 Å². The fraction of sp³-hybridized carbons (Fsp3) is 0.280. The average molecular weight is 573 g/mol. The smallest absolute Gasteiger partial charge is 0.310 e. The van der Waals surface area contributed by atoms with E-state index in [0.717, 1.165) is 28.9 Å². The molecule has 0 atom stereocenters. The van der Waals surface area contributed by atoms with Crippen LogP contribution in [0.4, 0.5) is 25.1 Å². The Morgan fingerprint density at radius 2 is 1.45 bits per heavy atom. The predicted molar refractivity (Wildman–Crippen MR) is 138 cm³/mol. The second-order valence-corrected chi connectivity index (χ2v) is 14.2. The number of nitrogens with one attached hydrogen (secondary N) is 1. The summed E-state index contributed by atoms with van der Waals surface area (Å²) in [6.45, 7) is 1.80. The second-order valence-electron chi connectivity index (χ2n) is 9.56. The summed E-state index contributed by atoms with van der Waals surface area (Å²) in [4.78, 5) is 2.58. The summed E-state index contributed by atoms with van der Waals surface area (Å²) in [6.07, 6.45) is 3.52. The van der Waals surface area contributed by atoms with Crippen molar-refractivity contribution < 1.29 is 27.8 Å². The number of benzene rings is 2. The Balaban J connectivity index is 1.22. The average Bonchev–Trinajstić information content (AvgIpc) is 3.22. The van der Waals surface area contributed by atoms with Crippen molar-refractivity contribution in [3.05, 3.63) is 72.7 Å². The number of halogens is 5. The van der Waals surface area contributed by atoms with Gasteiger partial charge < -0.3 is 5.32 Å². The highest BCUT2D eigenvalue weighted by atomic mass is 32.5. The summed E-state index contributed by atoms with van der Waals surface area (Å²) in [6, 6.07) is 12.9. The van der Waals surface area contributed by atoms with Crippen molar-refractivity contribution in [1.29, 1.82) is 0 Å². The van der Waals surface area contributed by atoms with Gasteiger partial charge in [-0.15, -0.1) is 0 Å². The van der Waals surface area contributed by atoms with E-state index in [-0.39, 0.29) is 16.6 Å². The monoisotopic (exact) mass is 572 g/mol. The van der Waals surface area contributed by atoms with Gasteiger partial charge in [-0.1, -0.05) is 31.6 Å². The highest BCUT2D eigenvalue weighted by Gasteiger charge is 2.65. The number of hydrogen-bond acceptors (Lipinski definition) is 5. The van der Waals surface area contributed by atoms with E-state index < -0.39 is 30.2 Å². The van der Waals surface area contributed by atoms with Crippen molar-refractivity contribution in [2.24, 2.45) is 0 Å². The van der Waals surface area contributed by atoms with Crippen molar-refractivity contribution in [2.45, 2.75) is 53.7 Å². The third-order valence-corrected chi connectivity index (χ3v) is 10.2. The van der Waals surface area contributed by atoms with Crippen LogP contribution < -0.4 is 5.32 Å². The molecule has 204 valence electrons. The topological polar surface area (TPSA) is 76.4 Å². The van der Waals surface area contributed by atoms with Crippen LogP contribution in [0.5, 0.6) is 0 Å². The summed E-state index contributed by atoms with van der Waals surface area (Å²) in [5.74, 6) is 0.651. The molecule has 1 aliphatic rings. The molecular formula is C25H25F5N4O2S2. The number of rotatable bonds is 6. The molecule has 2 aromatic carbocycles. The molecule has 0 bridgehead atoms. The number of pyridine rings is 1. The lowest BCUT2D eigenvalue weighted by molar-refractivity contribution is 0.364. The number of nitrogens with zero attached hydrogens (tertiary/aromatic N) is 3. The van der Waals surface area contributed by atoms with Gasteiger partial charge in [-0.05, 0) is 86.7 Å². The SMILES string of the molecule is Cc1nc2ccc(-c3ccc(S(=O)(=O)C4CCC(Nc5ccc(S(F)(F)(F)(F)F)cc5)CC4)cc3)cn2n1. The van der Waals surface area contributed by atoms with Crippen molar-refractivity contribution in [2.75, 3.05) is 5.32 Å². The number of aromatic nitrogens is 3. The Morgan fingerprint density at radius 3 is 2.05 bits per heavy atom. The zero-order valence-electron chi connectivity index (χ0n) is 20.2. The number of sulfone groups is 1. The van der Waals surface area contributed by atoms with Crippen LogP contribution in [0, 0.1) is 6.92 Å². The molecule has 1 saturated carbocycles. The Hall–Kier alpha value is -3.19. The lowest BCUT2D eigenvalue weighted by Crippen LogP contribution is -2.32. The fourth-order valence-electron chi connectivity index (χ4n) is 4.76. The molecule has 13 heteroatoms. The molecule has 0 spiro atoms. The van der Waals surface area contributed by atoms with Crippen LogP contribution in [0.15, 0.2) is 76.7 Å². The third kappa shape index (κ3) is 5.48. The van der Waals surface area contributed by atoms with E-state index in [1.54, 1.807) is 35.7 Å². The van der Waals surface area contributed by atoms with E-state index in [1.807, 2.05) is 18.3 Å². The fourth-order valence-corrected chi connectivity index (χ4v) is 7.20. The number of hydrogen-bond donors (Lipinski definition) is 1. The normalized spacial score (nSPS) is 20.6. The summed E-state index contributed by atoms with van der Waals surface area (Å²) in [5, 5.41) is 6.74. The first-order valence-electron chi connectivity index (χ1n) is 11.9. The number of aryl methyl sites for hydroxylation is 1. The minimum absolute atomic E-state index is 0.176. The minimum Gasteiger partial charge on any atom is -0.382 e. The third-order valence-electron chi connectivity index (χ3n) is 6.74. The molecular weight excluding hydrogens is 547 g/mol. The van der Waals surface area contributed by atoms with Crippen molar-refractivity contribution in [3.8, 4) is 11.1 Å². The van der Waals surface area contributed by atoms with Crippen molar-refractivity contribution >= 4 is 31.4 Å². The molecule has 38 heavy (non-hydrogen) atoms. The van der Waals surface area contributed by atoms with Crippen LogP contribution >= 0.6 is 10.2 Å². The molecule has 0 radical (unpaired) electrons. The maximum absolute atomic E-state index is 13.3. The summed E-state index contributed by atoms with van der Waals surface area (Å²) in [7, 11) is -13.3. The van der Waals surface area contributed by atoms with E-state index in [1.165, 1.54) is 0 Å². The molecule has 1 fully saturated rings. The van der Waals surface area contributed by atoms with E-state index in [2.05, 4.69) is 15.4 Å². The van der Waals surface area contributed by atoms with Gasteiger partial charge in [-0.3, -0.25) is 0 Å². The van der Waals surface area contributed by atoms with Gasteiger partial charge in [-0.2, -0.15) is 5.10 Å². The van der Waals surface area contributed by atoms with E-state index in [0.29, 0.717) is 43.6 Å². The predicted octanol–water partition coefficient (Wildman–Crippen LogP) is 7.56. The molecule has 2 heterocycles. The number of fused-ring (bicyclic) bond motifs is 1. The quantitative estimate of drug-likeness (QED) is 0.241. The van der Waals surface area contributed by atoms with E-state index >= 15 is 0 Å². The van der Waals surface area contributed by atoms with Gasteiger partial charge in [0.25, 0.3) is 0 Å². The second kappa shape index (κ2) is 8.40. The van der Waals surface area contributed by atoms with Crippen LogP contribution in [0.2, 0.25) is 0 Å². The Morgan fingerprint density at radius 1 is 0.842 bits per heavy atom. The van der Waals surface area contributed by atoms with Gasteiger partial charge >= 0.3 is 10.2 Å². The zero-order chi connectivity index (χ0) is 27.4. The highest BCUT2D eigenvalue weighted by Crippen LogP contribution is 3.02. The molecule has 5 rings (SSSR count). The van der Waals surface area contributed by atoms with E-state index in [4.69, 9.17) is 0 Å². The molecule has 0 unspecified atom stereocenters. The van der Waals surface area contributed by atoms with Gasteiger partial charge in [0.2, 0.25) is 0 Å². The van der Waals surface area contributed by atoms with Gasteiger partial charge in [0.15, 0.2) is 15.5 Å². The maximum atomic E-state index is 13.3. The minimum atomic E-state index is -9.72. The molecule has 4 aromatic rings. The van der Waals surface area contributed by atoms with Crippen LogP contribution in [-0.2, 0) is 9.84 Å². The first-order valence-corrected chi connectivity index (χ1v) is 15.4. The molecule has 6 nitrogen and oxygen atoms in total. The Labute approximate surface area is 216 Å². The Kier molecular flexibility index (Phi) is 5.84. The molecule has 1 aliphatic carbocycles. The van der Waals surface area contributed by atoms with Gasteiger partial charge in [0.05, 0.1) is 10.1 Å². The van der Waals surface area contributed by atoms with Crippen LogP contribution in [-0.4, -0.2) is 34.3 Å². The summed E-state index contributed by atoms with van der Waals surface area (Å²) in [5.41, 5.74) is 2.70. The van der Waals surface area contributed by atoms with Crippen LogP contribution in [0.25, 0.3) is 16.8 Å². The molecule has 0 amide bonds. The zero-order valence-corrected chi connectivity index (χ0v) is 21.8. The summed E-state index contributed by atoms with van der Waals surface area (Å²) >= 11 is 0. The maximum Gasteiger partial charge on any atom is 0.310 e. The molecule has 0 saturated heterocycles. The Bertz CT molecular complexity index is 1600. The highest BCUT2D eigenvalue weighted by molar-refractivity contribution is 8.45. The summed E-state index contributed by atoms with van der Waals surface area (Å²) < 4.78 is 92.8. The van der Waals surface area contributed by atoms with Gasteiger partial charge in [0, 0.05) is 23.5 Å². The first kappa shape index (κ1) is 26.4.